The summed E-state index contributed by atoms with van der Waals surface area (Å²) < 4.78 is 5.90. The SMILES string of the molecule is Nc1nc(Cl)cc(N2CCOC(C3=Nc4cnccc4C3)C2)n1. The van der Waals surface area contributed by atoms with Crippen LogP contribution in [-0.2, 0) is 11.2 Å². The number of fused-ring (bicyclic) bond motifs is 1. The summed E-state index contributed by atoms with van der Waals surface area (Å²) in [5.41, 5.74) is 8.82. The van der Waals surface area contributed by atoms with Crippen LogP contribution in [0.1, 0.15) is 5.56 Å². The average molecular weight is 331 g/mol. The fraction of sp³-hybridized carbons (Fsp3) is 0.333. The zero-order valence-corrected chi connectivity index (χ0v) is 13.1. The van der Waals surface area contributed by atoms with Crippen molar-refractivity contribution in [3.8, 4) is 0 Å². The molecule has 0 radical (unpaired) electrons. The van der Waals surface area contributed by atoms with Gasteiger partial charge in [0.2, 0.25) is 5.95 Å². The van der Waals surface area contributed by atoms with Gasteiger partial charge >= 0.3 is 0 Å². The molecule has 1 atom stereocenters. The van der Waals surface area contributed by atoms with Crippen LogP contribution in [0.5, 0.6) is 0 Å². The number of morpholine rings is 1. The second kappa shape index (κ2) is 5.75. The fourth-order valence-corrected chi connectivity index (χ4v) is 3.07. The smallest absolute Gasteiger partial charge is 0.223 e. The number of nitrogens with two attached hydrogens (primary N) is 1. The number of nitrogens with zero attached hydrogens (tertiary/aromatic N) is 5. The zero-order valence-electron chi connectivity index (χ0n) is 12.3. The molecule has 0 saturated carbocycles. The lowest BCUT2D eigenvalue weighted by Gasteiger charge is -2.33. The molecule has 7 nitrogen and oxygen atoms in total. The maximum Gasteiger partial charge on any atom is 0.223 e. The first kappa shape index (κ1) is 14.3. The van der Waals surface area contributed by atoms with E-state index in [-0.39, 0.29) is 12.1 Å². The second-order valence-corrected chi connectivity index (χ2v) is 5.88. The van der Waals surface area contributed by atoms with E-state index < -0.39 is 0 Å². The molecule has 2 aliphatic heterocycles. The standard InChI is InChI=1S/C15H15ClN6O/c16-13-6-14(21-15(17)20-13)22-3-4-23-12(8-22)10-5-9-1-2-18-7-11(9)19-10/h1-2,6-7,12H,3-5,8H2,(H2,17,20,21). The highest BCUT2D eigenvalue weighted by atomic mass is 35.5. The van der Waals surface area contributed by atoms with Crippen molar-refractivity contribution in [2.45, 2.75) is 12.5 Å². The predicted molar refractivity (Wildman–Crippen MR) is 88.4 cm³/mol. The lowest BCUT2D eigenvalue weighted by Crippen LogP contribution is -2.46. The molecular weight excluding hydrogens is 316 g/mol. The quantitative estimate of drug-likeness (QED) is 0.842. The largest absolute Gasteiger partial charge is 0.369 e. The molecule has 0 aromatic carbocycles. The third kappa shape index (κ3) is 2.85. The number of ether oxygens (including phenoxy) is 1. The minimum absolute atomic E-state index is 0.0777. The van der Waals surface area contributed by atoms with E-state index in [0.29, 0.717) is 24.1 Å². The van der Waals surface area contributed by atoms with Gasteiger partial charge in [-0.25, -0.2) is 4.98 Å². The van der Waals surface area contributed by atoms with Gasteiger partial charge in [0.05, 0.1) is 30.7 Å². The minimum atomic E-state index is -0.0777. The number of nitrogen functional groups attached to an aromatic ring is 1. The van der Waals surface area contributed by atoms with Gasteiger partial charge < -0.3 is 15.4 Å². The molecule has 23 heavy (non-hydrogen) atoms. The topological polar surface area (TPSA) is 89.5 Å². The van der Waals surface area contributed by atoms with Crippen LogP contribution in [0.3, 0.4) is 0 Å². The van der Waals surface area contributed by atoms with E-state index in [9.17, 15) is 0 Å². The predicted octanol–water partition coefficient (Wildman–Crippen LogP) is 1.64. The van der Waals surface area contributed by atoms with Crippen LogP contribution in [0.15, 0.2) is 29.5 Å². The number of hydrogen-bond donors (Lipinski definition) is 1. The van der Waals surface area contributed by atoms with Gasteiger partial charge in [0, 0.05) is 25.2 Å². The first-order valence-corrected chi connectivity index (χ1v) is 7.74. The third-order valence-electron chi connectivity index (χ3n) is 3.98. The van der Waals surface area contributed by atoms with Gasteiger partial charge in [-0.2, -0.15) is 4.98 Å². The Morgan fingerprint density at radius 3 is 3.09 bits per heavy atom. The molecule has 0 aliphatic carbocycles. The number of hydrogen-bond acceptors (Lipinski definition) is 7. The highest BCUT2D eigenvalue weighted by molar-refractivity contribution is 6.29. The van der Waals surface area contributed by atoms with Gasteiger partial charge in [0.25, 0.3) is 0 Å². The van der Waals surface area contributed by atoms with Crippen molar-refractivity contribution in [2.24, 2.45) is 4.99 Å². The summed E-state index contributed by atoms with van der Waals surface area (Å²) >= 11 is 5.97. The van der Waals surface area contributed by atoms with Gasteiger partial charge in [-0.3, -0.25) is 9.98 Å². The van der Waals surface area contributed by atoms with E-state index in [1.54, 1.807) is 18.5 Å². The van der Waals surface area contributed by atoms with Crippen molar-refractivity contribution in [1.82, 2.24) is 15.0 Å². The fourth-order valence-electron chi connectivity index (χ4n) is 2.88. The molecule has 2 aliphatic rings. The highest BCUT2D eigenvalue weighted by Gasteiger charge is 2.29. The van der Waals surface area contributed by atoms with E-state index in [4.69, 9.17) is 22.1 Å². The van der Waals surface area contributed by atoms with Gasteiger partial charge in [-0.15, -0.1) is 0 Å². The molecular formula is C15H15ClN6O. The van der Waals surface area contributed by atoms with Gasteiger partial charge in [0.15, 0.2) is 0 Å². The summed E-state index contributed by atoms with van der Waals surface area (Å²) in [6.45, 7) is 1.98. The molecule has 4 rings (SSSR count). The number of rotatable bonds is 2. The first-order valence-electron chi connectivity index (χ1n) is 7.36. The number of pyridine rings is 1. The summed E-state index contributed by atoms with van der Waals surface area (Å²) in [4.78, 5) is 19.0. The number of halogens is 1. The van der Waals surface area contributed by atoms with Crippen molar-refractivity contribution in [3.63, 3.8) is 0 Å². The lowest BCUT2D eigenvalue weighted by molar-refractivity contribution is 0.0829. The lowest BCUT2D eigenvalue weighted by atomic mass is 10.1. The Morgan fingerprint density at radius 2 is 2.26 bits per heavy atom. The molecule has 118 valence electrons. The summed E-state index contributed by atoms with van der Waals surface area (Å²) in [6.07, 6.45) is 4.29. The Bertz CT molecular complexity index is 760. The van der Waals surface area contributed by atoms with Crippen LogP contribution in [0.25, 0.3) is 0 Å². The Balaban J connectivity index is 1.54. The summed E-state index contributed by atoms with van der Waals surface area (Å²) in [5, 5.41) is 0.340. The van der Waals surface area contributed by atoms with Crippen molar-refractivity contribution in [3.05, 3.63) is 35.2 Å². The van der Waals surface area contributed by atoms with Gasteiger partial charge in [-0.05, 0) is 11.6 Å². The Hall–Kier alpha value is -2.25. The molecule has 1 saturated heterocycles. The van der Waals surface area contributed by atoms with Crippen molar-refractivity contribution in [1.29, 1.82) is 0 Å². The molecule has 1 fully saturated rings. The molecule has 0 bridgehead atoms. The van der Waals surface area contributed by atoms with Crippen LogP contribution >= 0.6 is 11.6 Å². The zero-order chi connectivity index (χ0) is 15.8. The summed E-state index contributed by atoms with van der Waals surface area (Å²) in [6, 6.07) is 3.72. The van der Waals surface area contributed by atoms with Crippen molar-refractivity contribution >= 4 is 34.8 Å². The second-order valence-electron chi connectivity index (χ2n) is 5.50. The molecule has 2 aromatic heterocycles. The highest BCUT2D eigenvalue weighted by Crippen LogP contribution is 2.28. The molecule has 0 amide bonds. The van der Waals surface area contributed by atoms with Crippen molar-refractivity contribution in [2.75, 3.05) is 30.3 Å². The number of anilines is 2. The number of aliphatic imine (C=N–C) groups is 1. The minimum Gasteiger partial charge on any atom is -0.369 e. The number of aromatic nitrogens is 3. The monoisotopic (exact) mass is 330 g/mol. The Kier molecular flexibility index (Phi) is 3.59. The van der Waals surface area contributed by atoms with Crippen LogP contribution in [0.2, 0.25) is 5.15 Å². The van der Waals surface area contributed by atoms with E-state index in [1.807, 2.05) is 6.07 Å². The first-order chi connectivity index (χ1) is 11.2. The molecule has 1 unspecified atom stereocenters. The molecule has 0 spiro atoms. The van der Waals surface area contributed by atoms with Gasteiger partial charge in [0.1, 0.15) is 17.1 Å². The molecule has 2 aromatic rings. The van der Waals surface area contributed by atoms with Crippen LogP contribution < -0.4 is 10.6 Å². The third-order valence-corrected chi connectivity index (χ3v) is 4.18. The van der Waals surface area contributed by atoms with Crippen molar-refractivity contribution < 1.29 is 4.74 Å². The van der Waals surface area contributed by atoms with Crippen LogP contribution in [0, 0.1) is 0 Å². The van der Waals surface area contributed by atoms with E-state index >= 15 is 0 Å². The molecule has 8 heteroatoms. The maximum absolute atomic E-state index is 5.97. The summed E-state index contributed by atoms with van der Waals surface area (Å²) in [7, 11) is 0. The Morgan fingerprint density at radius 1 is 1.35 bits per heavy atom. The normalized spacial score (nSPS) is 20.3. The molecule has 4 heterocycles. The summed E-state index contributed by atoms with van der Waals surface area (Å²) in [5.74, 6) is 0.890. The average Bonchev–Trinajstić information content (AvgIpc) is 2.98. The van der Waals surface area contributed by atoms with Crippen LogP contribution in [-0.4, -0.2) is 46.5 Å². The maximum atomic E-state index is 5.97. The molecule has 2 N–H and O–H groups in total. The van der Waals surface area contributed by atoms with Crippen LogP contribution in [0.4, 0.5) is 17.5 Å². The Labute approximate surface area is 138 Å². The van der Waals surface area contributed by atoms with E-state index in [1.165, 1.54) is 5.56 Å². The van der Waals surface area contributed by atoms with E-state index in [0.717, 1.165) is 24.4 Å². The van der Waals surface area contributed by atoms with Gasteiger partial charge in [-0.1, -0.05) is 11.6 Å². The van der Waals surface area contributed by atoms with E-state index in [2.05, 4.69) is 24.8 Å².